The Hall–Kier alpha value is -1.03. The Morgan fingerprint density at radius 1 is 1.33 bits per heavy atom. The van der Waals surface area contributed by atoms with Crippen LogP contribution < -0.4 is 10.1 Å². The first-order valence-electron chi connectivity index (χ1n) is 6.87. The first kappa shape index (κ1) is 13.4. The zero-order chi connectivity index (χ0) is 13.2. The van der Waals surface area contributed by atoms with Crippen LogP contribution in [0.1, 0.15) is 50.3 Å². The summed E-state index contributed by atoms with van der Waals surface area (Å²) in [5.41, 5.74) is 2.53. The number of methoxy groups -OCH3 is 1. The molecule has 1 fully saturated rings. The van der Waals surface area contributed by atoms with Gasteiger partial charge in [-0.05, 0) is 26.7 Å². The zero-order valence-electron chi connectivity index (χ0n) is 12.0. The molecule has 0 saturated heterocycles. The fourth-order valence-electron chi connectivity index (χ4n) is 2.95. The normalized spacial score (nSPS) is 18.9. The molecule has 4 heteroatoms. The van der Waals surface area contributed by atoms with E-state index < -0.39 is 0 Å². The lowest BCUT2D eigenvalue weighted by molar-refractivity contribution is 0.250. The maximum Gasteiger partial charge on any atom is 0.216 e. The molecular weight excluding hydrogens is 226 g/mol. The quantitative estimate of drug-likeness (QED) is 0.894. The number of hydrogen-bond donors (Lipinski definition) is 1. The summed E-state index contributed by atoms with van der Waals surface area (Å²) in [7, 11) is 3.64. The van der Waals surface area contributed by atoms with Gasteiger partial charge in [-0.15, -0.1) is 0 Å². The average molecular weight is 251 g/mol. The Bertz CT molecular complexity index is 405. The molecule has 1 aromatic rings. The largest absolute Gasteiger partial charge is 0.481 e. The van der Waals surface area contributed by atoms with Gasteiger partial charge in [0.1, 0.15) is 0 Å². The van der Waals surface area contributed by atoms with Crippen LogP contribution in [0.2, 0.25) is 0 Å². The summed E-state index contributed by atoms with van der Waals surface area (Å²) in [5, 5.41) is 8.13. The summed E-state index contributed by atoms with van der Waals surface area (Å²) in [4.78, 5) is 0. The molecule has 18 heavy (non-hydrogen) atoms. The molecule has 2 rings (SSSR count). The average Bonchev–Trinajstić information content (AvgIpc) is 2.61. The summed E-state index contributed by atoms with van der Waals surface area (Å²) in [6, 6.07) is 0. The van der Waals surface area contributed by atoms with Gasteiger partial charge in [0, 0.05) is 19.1 Å². The lowest BCUT2D eigenvalue weighted by Crippen LogP contribution is -2.43. The number of nitrogens with one attached hydrogen (secondary N) is 1. The first-order chi connectivity index (χ1) is 8.56. The molecule has 1 heterocycles. The zero-order valence-corrected chi connectivity index (χ0v) is 12.0. The molecule has 1 aliphatic rings. The molecule has 1 aliphatic carbocycles. The van der Waals surface area contributed by atoms with Gasteiger partial charge in [0.15, 0.2) is 0 Å². The topological polar surface area (TPSA) is 39.1 Å². The van der Waals surface area contributed by atoms with Crippen LogP contribution in [0.3, 0.4) is 0 Å². The van der Waals surface area contributed by atoms with Crippen molar-refractivity contribution >= 4 is 0 Å². The van der Waals surface area contributed by atoms with Crippen molar-refractivity contribution in [2.45, 2.75) is 58.0 Å². The van der Waals surface area contributed by atoms with Crippen molar-refractivity contribution in [3.05, 3.63) is 11.3 Å². The second kappa shape index (κ2) is 5.31. The van der Waals surface area contributed by atoms with Crippen LogP contribution in [-0.4, -0.2) is 22.4 Å². The van der Waals surface area contributed by atoms with Crippen molar-refractivity contribution in [3.8, 4) is 5.88 Å². The number of hydrogen-bond acceptors (Lipinski definition) is 3. The van der Waals surface area contributed by atoms with Crippen LogP contribution in [0, 0.1) is 6.92 Å². The maximum absolute atomic E-state index is 5.43. The summed E-state index contributed by atoms with van der Waals surface area (Å²) >= 11 is 0. The van der Waals surface area contributed by atoms with Crippen LogP contribution in [0.5, 0.6) is 5.88 Å². The molecule has 0 atom stereocenters. The van der Waals surface area contributed by atoms with Crippen LogP contribution >= 0.6 is 0 Å². The van der Waals surface area contributed by atoms with Gasteiger partial charge >= 0.3 is 0 Å². The van der Waals surface area contributed by atoms with Crippen molar-refractivity contribution in [2.75, 3.05) is 7.11 Å². The number of aromatic nitrogens is 2. The number of ether oxygens (including phenoxy) is 1. The molecule has 0 spiro atoms. The van der Waals surface area contributed by atoms with Gasteiger partial charge < -0.3 is 10.1 Å². The first-order valence-corrected chi connectivity index (χ1v) is 6.87. The highest BCUT2D eigenvalue weighted by Crippen LogP contribution is 2.29. The van der Waals surface area contributed by atoms with E-state index in [0.29, 0.717) is 0 Å². The predicted molar refractivity (Wildman–Crippen MR) is 72.8 cm³/mol. The van der Waals surface area contributed by atoms with Gasteiger partial charge in [0.25, 0.3) is 0 Å². The summed E-state index contributed by atoms with van der Waals surface area (Å²) in [6.07, 6.45) is 6.61. The van der Waals surface area contributed by atoms with Crippen molar-refractivity contribution in [1.82, 2.24) is 15.1 Å². The minimum atomic E-state index is 0.283. The molecule has 0 amide bonds. The molecule has 1 aromatic heterocycles. The Balaban J connectivity index is 2.05. The smallest absolute Gasteiger partial charge is 0.216 e. The molecule has 1 saturated carbocycles. The molecule has 0 bridgehead atoms. The van der Waals surface area contributed by atoms with E-state index in [1.54, 1.807) is 7.11 Å². The third kappa shape index (κ3) is 2.69. The second-order valence-corrected chi connectivity index (χ2v) is 5.67. The Labute approximate surface area is 110 Å². The standard InChI is InChI=1S/C14H25N3O/c1-11-12(13(18-4)17(3)16-11)10-15-14(2)8-6-5-7-9-14/h15H,5-10H2,1-4H3. The Morgan fingerprint density at radius 3 is 2.61 bits per heavy atom. The molecule has 0 aromatic carbocycles. The highest BCUT2D eigenvalue weighted by atomic mass is 16.5. The van der Waals surface area contributed by atoms with Gasteiger partial charge in [0.2, 0.25) is 5.88 Å². The molecule has 0 radical (unpaired) electrons. The summed E-state index contributed by atoms with van der Waals surface area (Å²) in [6.45, 7) is 5.23. The van der Waals surface area contributed by atoms with Crippen LogP contribution in [0.25, 0.3) is 0 Å². The minimum Gasteiger partial charge on any atom is -0.481 e. The maximum atomic E-state index is 5.43. The number of rotatable bonds is 4. The van der Waals surface area contributed by atoms with Gasteiger partial charge in [-0.3, -0.25) is 0 Å². The van der Waals surface area contributed by atoms with Crippen molar-refractivity contribution in [1.29, 1.82) is 0 Å². The molecule has 102 valence electrons. The monoisotopic (exact) mass is 251 g/mol. The third-order valence-corrected chi connectivity index (χ3v) is 4.13. The predicted octanol–water partition coefficient (Wildman–Crippen LogP) is 2.55. The van der Waals surface area contributed by atoms with Gasteiger partial charge in [-0.25, -0.2) is 4.68 Å². The Kier molecular flexibility index (Phi) is 3.95. The van der Waals surface area contributed by atoms with E-state index in [1.807, 2.05) is 18.7 Å². The lowest BCUT2D eigenvalue weighted by atomic mass is 9.83. The van der Waals surface area contributed by atoms with Gasteiger partial charge in [-0.2, -0.15) is 5.10 Å². The minimum absolute atomic E-state index is 0.283. The number of nitrogens with zero attached hydrogens (tertiary/aromatic N) is 2. The summed E-state index contributed by atoms with van der Waals surface area (Å²) < 4.78 is 7.25. The van der Waals surface area contributed by atoms with Crippen molar-refractivity contribution in [3.63, 3.8) is 0 Å². The lowest BCUT2D eigenvalue weighted by Gasteiger charge is -2.34. The van der Waals surface area contributed by atoms with E-state index in [9.17, 15) is 0 Å². The molecule has 1 N–H and O–H groups in total. The molecule has 0 unspecified atom stereocenters. The SMILES string of the molecule is COc1c(CNC2(C)CCCCC2)c(C)nn1C. The van der Waals surface area contributed by atoms with Crippen LogP contribution in [0.4, 0.5) is 0 Å². The third-order valence-electron chi connectivity index (χ3n) is 4.13. The Morgan fingerprint density at radius 2 is 2.00 bits per heavy atom. The molecule has 0 aliphatic heterocycles. The highest BCUT2D eigenvalue weighted by Gasteiger charge is 2.27. The van der Waals surface area contributed by atoms with E-state index in [1.165, 1.54) is 37.7 Å². The van der Waals surface area contributed by atoms with E-state index in [0.717, 1.165) is 18.1 Å². The summed E-state index contributed by atoms with van der Waals surface area (Å²) in [5.74, 6) is 0.874. The van der Waals surface area contributed by atoms with E-state index in [-0.39, 0.29) is 5.54 Å². The fraction of sp³-hybridized carbons (Fsp3) is 0.786. The van der Waals surface area contributed by atoms with Crippen molar-refractivity contribution < 1.29 is 4.74 Å². The van der Waals surface area contributed by atoms with E-state index in [4.69, 9.17) is 4.74 Å². The van der Waals surface area contributed by atoms with Crippen molar-refractivity contribution in [2.24, 2.45) is 7.05 Å². The highest BCUT2D eigenvalue weighted by molar-refractivity contribution is 5.30. The van der Waals surface area contributed by atoms with E-state index in [2.05, 4.69) is 17.3 Å². The fourth-order valence-corrected chi connectivity index (χ4v) is 2.95. The van der Waals surface area contributed by atoms with Crippen LogP contribution in [0.15, 0.2) is 0 Å². The molecular formula is C14H25N3O. The van der Waals surface area contributed by atoms with E-state index >= 15 is 0 Å². The van der Waals surface area contributed by atoms with Crippen LogP contribution in [-0.2, 0) is 13.6 Å². The van der Waals surface area contributed by atoms with Gasteiger partial charge in [-0.1, -0.05) is 19.3 Å². The molecule has 4 nitrogen and oxygen atoms in total. The second-order valence-electron chi connectivity index (χ2n) is 5.67. The number of aryl methyl sites for hydroxylation is 2. The van der Waals surface area contributed by atoms with Gasteiger partial charge in [0.05, 0.1) is 18.4 Å².